The lowest BCUT2D eigenvalue weighted by atomic mass is 9.93. The standard InChI is InChI=1S/C14H25NS/c1-10(9-15-14(4,5)6)12(3)13-8-7-11(2)16-13/h7-8,10,12,15H,9H2,1-6H3. The number of thiophene rings is 1. The van der Waals surface area contributed by atoms with Crippen LogP contribution in [0.3, 0.4) is 0 Å². The molecule has 1 heterocycles. The fourth-order valence-corrected chi connectivity index (χ4v) is 2.68. The Labute approximate surface area is 104 Å². The molecular weight excluding hydrogens is 214 g/mol. The Bertz CT molecular complexity index is 322. The summed E-state index contributed by atoms with van der Waals surface area (Å²) in [6.45, 7) is 14.6. The van der Waals surface area contributed by atoms with Crippen LogP contribution in [0, 0.1) is 12.8 Å². The van der Waals surface area contributed by atoms with E-state index in [0.29, 0.717) is 11.8 Å². The maximum absolute atomic E-state index is 3.58. The summed E-state index contributed by atoms with van der Waals surface area (Å²) in [7, 11) is 0. The number of hydrogen-bond acceptors (Lipinski definition) is 2. The smallest absolute Gasteiger partial charge is 0.00966 e. The average Bonchev–Trinajstić information content (AvgIpc) is 2.59. The molecule has 0 radical (unpaired) electrons. The molecular formula is C14H25NS. The highest BCUT2D eigenvalue weighted by molar-refractivity contribution is 7.12. The third kappa shape index (κ3) is 4.26. The number of nitrogens with one attached hydrogen (secondary N) is 1. The summed E-state index contributed by atoms with van der Waals surface area (Å²) in [6, 6.07) is 4.50. The normalized spacial score (nSPS) is 16.1. The van der Waals surface area contributed by atoms with Crippen molar-refractivity contribution in [3.05, 3.63) is 21.9 Å². The van der Waals surface area contributed by atoms with E-state index in [9.17, 15) is 0 Å². The molecule has 0 aliphatic carbocycles. The van der Waals surface area contributed by atoms with Crippen molar-refractivity contribution in [2.45, 2.75) is 53.0 Å². The van der Waals surface area contributed by atoms with Crippen LogP contribution in [0.25, 0.3) is 0 Å². The highest BCUT2D eigenvalue weighted by Crippen LogP contribution is 2.29. The third-order valence-corrected chi connectivity index (χ3v) is 4.22. The van der Waals surface area contributed by atoms with E-state index in [1.54, 1.807) is 0 Å². The van der Waals surface area contributed by atoms with Crippen LogP contribution >= 0.6 is 11.3 Å². The van der Waals surface area contributed by atoms with Crippen LogP contribution in [0.5, 0.6) is 0 Å². The average molecular weight is 239 g/mol. The molecule has 0 spiro atoms. The minimum Gasteiger partial charge on any atom is -0.312 e. The van der Waals surface area contributed by atoms with Crippen molar-refractivity contribution in [3.8, 4) is 0 Å². The molecule has 0 amide bonds. The molecule has 0 bridgehead atoms. The summed E-state index contributed by atoms with van der Waals surface area (Å²) in [4.78, 5) is 2.93. The molecule has 0 fully saturated rings. The van der Waals surface area contributed by atoms with Gasteiger partial charge in [0.1, 0.15) is 0 Å². The second-order valence-corrected chi connectivity index (χ2v) is 7.16. The van der Waals surface area contributed by atoms with E-state index >= 15 is 0 Å². The van der Waals surface area contributed by atoms with Crippen molar-refractivity contribution in [2.24, 2.45) is 5.92 Å². The van der Waals surface area contributed by atoms with Gasteiger partial charge in [-0.2, -0.15) is 0 Å². The van der Waals surface area contributed by atoms with E-state index in [0.717, 1.165) is 6.54 Å². The van der Waals surface area contributed by atoms with Crippen molar-refractivity contribution in [2.75, 3.05) is 6.54 Å². The van der Waals surface area contributed by atoms with Crippen LogP contribution in [0.15, 0.2) is 12.1 Å². The Hall–Kier alpha value is -0.340. The van der Waals surface area contributed by atoms with Crippen molar-refractivity contribution >= 4 is 11.3 Å². The zero-order valence-corrected chi connectivity index (χ0v) is 12.2. The van der Waals surface area contributed by atoms with E-state index in [4.69, 9.17) is 0 Å². The largest absolute Gasteiger partial charge is 0.312 e. The number of rotatable bonds is 4. The quantitative estimate of drug-likeness (QED) is 0.831. The van der Waals surface area contributed by atoms with Crippen molar-refractivity contribution in [3.63, 3.8) is 0 Å². The van der Waals surface area contributed by atoms with Gasteiger partial charge in [0.25, 0.3) is 0 Å². The highest BCUT2D eigenvalue weighted by atomic mass is 32.1. The van der Waals surface area contributed by atoms with Crippen LogP contribution in [-0.4, -0.2) is 12.1 Å². The maximum atomic E-state index is 3.58. The molecule has 2 heteroatoms. The monoisotopic (exact) mass is 239 g/mol. The molecule has 1 aromatic heterocycles. The van der Waals surface area contributed by atoms with Gasteiger partial charge in [-0.1, -0.05) is 13.8 Å². The lowest BCUT2D eigenvalue weighted by molar-refractivity contribution is 0.361. The summed E-state index contributed by atoms with van der Waals surface area (Å²) in [5.41, 5.74) is 0.222. The van der Waals surface area contributed by atoms with Gasteiger partial charge >= 0.3 is 0 Å². The van der Waals surface area contributed by atoms with Crippen molar-refractivity contribution in [1.29, 1.82) is 0 Å². The summed E-state index contributed by atoms with van der Waals surface area (Å²) >= 11 is 1.93. The van der Waals surface area contributed by atoms with Gasteiger partial charge in [0.15, 0.2) is 0 Å². The van der Waals surface area contributed by atoms with Gasteiger partial charge in [0.2, 0.25) is 0 Å². The van der Waals surface area contributed by atoms with E-state index in [2.05, 4.69) is 59.0 Å². The predicted octanol–water partition coefficient (Wildman–Crippen LogP) is 4.18. The maximum Gasteiger partial charge on any atom is 0.00966 e. The molecule has 0 saturated heterocycles. The van der Waals surface area contributed by atoms with Crippen LogP contribution < -0.4 is 5.32 Å². The molecule has 1 nitrogen and oxygen atoms in total. The first-order chi connectivity index (χ1) is 7.29. The van der Waals surface area contributed by atoms with Gasteiger partial charge in [-0.25, -0.2) is 0 Å². The summed E-state index contributed by atoms with van der Waals surface area (Å²) < 4.78 is 0. The van der Waals surface area contributed by atoms with Crippen LogP contribution in [-0.2, 0) is 0 Å². The SMILES string of the molecule is Cc1ccc(C(C)C(C)CNC(C)(C)C)s1. The van der Waals surface area contributed by atoms with Gasteiger partial charge in [0.05, 0.1) is 0 Å². The number of aryl methyl sites for hydroxylation is 1. The highest BCUT2D eigenvalue weighted by Gasteiger charge is 2.18. The fourth-order valence-electron chi connectivity index (χ4n) is 1.62. The van der Waals surface area contributed by atoms with E-state index < -0.39 is 0 Å². The van der Waals surface area contributed by atoms with Crippen LogP contribution in [0.1, 0.15) is 50.3 Å². The topological polar surface area (TPSA) is 12.0 Å². The van der Waals surface area contributed by atoms with Gasteiger partial charge in [0, 0.05) is 15.3 Å². The van der Waals surface area contributed by atoms with E-state index in [-0.39, 0.29) is 5.54 Å². The first-order valence-corrected chi connectivity index (χ1v) is 6.92. The molecule has 1 rings (SSSR count). The van der Waals surface area contributed by atoms with Gasteiger partial charge in [-0.15, -0.1) is 11.3 Å². The van der Waals surface area contributed by atoms with Gasteiger partial charge in [-0.05, 0) is 58.2 Å². The van der Waals surface area contributed by atoms with Crippen molar-refractivity contribution < 1.29 is 0 Å². The molecule has 0 aromatic carbocycles. The molecule has 2 unspecified atom stereocenters. The summed E-state index contributed by atoms with van der Waals surface area (Å²) in [5.74, 6) is 1.32. The molecule has 0 aliphatic rings. The Morgan fingerprint density at radius 3 is 2.31 bits per heavy atom. The predicted molar refractivity (Wildman–Crippen MR) is 74.4 cm³/mol. The molecule has 0 saturated carbocycles. The van der Waals surface area contributed by atoms with E-state index in [1.165, 1.54) is 9.75 Å². The molecule has 16 heavy (non-hydrogen) atoms. The third-order valence-electron chi connectivity index (χ3n) is 3.02. The molecule has 92 valence electrons. The van der Waals surface area contributed by atoms with Crippen LogP contribution in [0.4, 0.5) is 0 Å². The Balaban J connectivity index is 2.51. The molecule has 2 atom stereocenters. The summed E-state index contributed by atoms with van der Waals surface area (Å²) in [5, 5.41) is 3.58. The summed E-state index contributed by atoms with van der Waals surface area (Å²) in [6.07, 6.45) is 0. The second kappa shape index (κ2) is 5.33. The minimum atomic E-state index is 0.222. The van der Waals surface area contributed by atoms with Gasteiger partial charge in [-0.3, -0.25) is 0 Å². The Kier molecular flexibility index (Phi) is 4.57. The lowest BCUT2D eigenvalue weighted by Gasteiger charge is -2.26. The van der Waals surface area contributed by atoms with Crippen LogP contribution in [0.2, 0.25) is 0 Å². The minimum absolute atomic E-state index is 0.222. The zero-order valence-electron chi connectivity index (χ0n) is 11.4. The zero-order chi connectivity index (χ0) is 12.3. The first kappa shape index (κ1) is 13.7. The van der Waals surface area contributed by atoms with Gasteiger partial charge < -0.3 is 5.32 Å². The fraction of sp³-hybridized carbons (Fsp3) is 0.714. The molecule has 1 aromatic rings. The first-order valence-electron chi connectivity index (χ1n) is 6.11. The van der Waals surface area contributed by atoms with Crippen molar-refractivity contribution in [1.82, 2.24) is 5.32 Å². The molecule has 0 aliphatic heterocycles. The van der Waals surface area contributed by atoms with E-state index in [1.807, 2.05) is 11.3 Å². The Morgan fingerprint density at radius 1 is 1.25 bits per heavy atom. The number of hydrogen-bond donors (Lipinski definition) is 1. The Morgan fingerprint density at radius 2 is 1.88 bits per heavy atom. The molecule has 1 N–H and O–H groups in total. The second-order valence-electron chi connectivity index (χ2n) is 5.85. The lowest BCUT2D eigenvalue weighted by Crippen LogP contribution is -2.39.